The Morgan fingerprint density at radius 1 is 1.33 bits per heavy atom. The molecule has 1 fully saturated rings. The van der Waals surface area contributed by atoms with Crippen LogP contribution < -0.4 is 5.56 Å². The first-order valence-corrected chi connectivity index (χ1v) is 7.90. The Morgan fingerprint density at radius 2 is 2.00 bits per heavy atom. The molecular weight excluding hydrogens is 266 g/mol. The first-order chi connectivity index (χ1) is 10.1. The number of carbonyl (C=O) groups is 1. The van der Waals surface area contributed by atoms with Gasteiger partial charge in [-0.15, -0.1) is 0 Å². The zero-order chi connectivity index (χ0) is 15.4. The Morgan fingerprint density at radius 3 is 2.57 bits per heavy atom. The molecule has 0 atom stereocenters. The molecule has 0 aromatic carbocycles. The normalized spacial score (nSPS) is 16.0. The van der Waals surface area contributed by atoms with Crippen molar-refractivity contribution < 1.29 is 9.53 Å². The lowest BCUT2D eigenvalue weighted by Crippen LogP contribution is -2.32. The number of rotatable bonds is 4. The smallest absolute Gasteiger partial charge is 0.343 e. The van der Waals surface area contributed by atoms with Gasteiger partial charge in [-0.05, 0) is 43.7 Å². The van der Waals surface area contributed by atoms with Gasteiger partial charge in [0.1, 0.15) is 5.56 Å². The second-order valence-corrected chi connectivity index (χ2v) is 5.95. The summed E-state index contributed by atoms with van der Waals surface area (Å²) in [5, 5.41) is 0. The molecule has 1 saturated carbocycles. The van der Waals surface area contributed by atoms with Gasteiger partial charge in [0.25, 0.3) is 5.56 Å². The molecule has 0 amide bonds. The molecule has 0 bridgehead atoms. The van der Waals surface area contributed by atoms with Gasteiger partial charge >= 0.3 is 5.97 Å². The summed E-state index contributed by atoms with van der Waals surface area (Å²) >= 11 is 0. The standard InChI is InChI=1S/C17H25NO3/c1-4-15-12(2)10-14(17(20)21-3)16(19)18(15)11-13-8-6-5-7-9-13/h10,13H,4-9,11H2,1-3H3. The van der Waals surface area contributed by atoms with E-state index in [9.17, 15) is 9.59 Å². The number of aromatic nitrogens is 1. The van der Waals surface area contributed by atoms with Crippen LogP contribution in [0.1, 0.15) is 60.6 Å². The minimum Gasteiger partial charge on any atom is -0.465 e. The Kier molecular flexibility index (Phi) is 5.21. The molecule has 1 aliphatic rings. The van der Waals surface area contributed by atoms with E-state index in [0.29, 0.717) is 5.92 Å². The number of nitrogens with zero attached hydrogens (tertiary/aromatic N) is 1. The van der Waals surface area contributed by atoms with Gasteiger partial charge in [-0.25, -0.2) is 4.79 Å². The van der Waals surface area contributed by atoms with E-state index >= 15 is 0 Å². The Balaban J connectivity index is 2.43. The number of hydrogen-bond donors (Lipinski definition) is 0. The maximum Gasteiger partial charge on any atom is 0.343 e. The average Bonchev–Trinajstić information content (AvgIpc) is 2.51. The maximum atomic E-state index is 12.6. The predicted molar refractivity (Wildman–Crippen MR) is 82.7 cm³/mol. The van der Waals surface area contributed by atoms with E-state index < -0.39 is 5.97 Å². The number of aryl methyl sites for hydroxylation is 1. The van der Waals surface area contributed by atoms with Gasteiger partial charge in [-0.3, -0.25) is 4.79 Å². The van der Waals surface area contributed by atoms with Crippen molar-refractivity contribution in [2.75, 3.05) is 7.11 Å². The molecule has 4 nitrogen and oxygen atoms in total. The molecule has 1 heterocycles. The van der Waals surface area contributed by atoms with Crippen LogP contribution in [-0.4, -0.2) is 17.6 Å². The van der Waals surface area contributed by atoms with Crippen molar-refractivity contribution in [2.45, 2.75) is 58.9 Å². The third kappa shape index (κ3) is 3.36. The van der Waals surface area contributed by atoms with Crippen molar-refractivity contribution in [2.24, 2.45) is 5.92 Å². The molecule has 4 heteroatoms. The summed E-state index contributed by atoms with van der Waals surface area (Å²) in [6.07, 6.45) is 6.95. The van der Waals surface area contributed by atoms with Crippen LogP contribution in [0.25, 0.3) is 0 Å². The van der Waals surface area contributed by atoms with Gasteiger partial charge in [0.2, 0.25) is 0 Å². The number of carbonyl (C=O) groups excluding carboxylic acids is 1. The summed E-state index contributed by atoms with van der Waals surface area (Å²) in [7, 11) is 1.32. The summed E-state index contributed by atoms with van der Waals surface area (Å²) < 4.78 is 6.56. The van der Waals surface area contributed by atoms with E-state index in [1.54, 1.807) is 6.07 Å². The fraction of sp³-hybridized carbons (Fsp3) is 0.647. The molecule has 21 heavy (non-hydrogen) atoms. The Bertz CT molecular complexity index is 568. The number of ether oxygens (including phenoxy) is 1. The summed E-state index contributed by atoms with van der Waals surface area (Å²) in [6, 6.07) is 1.67. The van der Waals surface area contributed by atoms with Gasteiger partial charge in [-0.1, -0.05) is 26.2 Å². The third-order valence-electron chi connectivity index (χ3n) is 4.52. The van der Waals surface area contributed by atoms with E-state index in [4.69, 9.17) is 4.74 Å². The average molecular weight is 291 g/mol. The second-order valence-electron chi connectivity index (χ2n) is 5.95. The van der Waals surface area contributed by atoms with E-state index in [1.807, 2.05) is 11.5 Å². The molecule has 0 saturated heterocycles. The van der Waals surface area contributed by atoms with Crippen LogP contribution in [0, 0.1) is 12.8 Å². The molecule has 0 unspecified atom stereocenters. The number of pyridine rings is 1. The van der Waals surface area contributed by atoms with E-state index in [-0.39, 0.29) is 11.1 Å². The first-order valence-electron chi connectivity index (χ1n) is 7.90. The van der Waals surface area contributed by atoms with Gasteiger partial charge in [0.05, 0.1) is 7.11 Å². The van der Waals surface area contributed by atoms with Crippen molar-refractivity contribution in [3.05, 3.63) is 33.2 Å². The molecule has 1 aromatic heterocycles. The molecule has 116 valence electrons. The fourth-order valence-electron chi connectivity index (χ4n) is 3.39. The highest BCUT2D eigenvalue weighted by Crippen LogP contribution is 2.25. The van der Waals surface area contributed by atoms with Gasteiger partial charge in [-0.2, -0.15) is 0 Å². The van der Waals surface area contributed by atoms with Crippen LogP contribution >= 0.6 is 0 Å². The summed E-state index contributed by atoms with van der Waals surface area (Å²) in [6.45, 7) is 4.74. The van der Waals surface area contributed by atoms with Crippen LogP contribution in [0.5, 0.6) is 0 Å². The van der Waals surface area contributed by atoms with Gasteiger partial charge in [0, 0.05) is 12.2 Å². The fourth-order valence-corrected chi connectivity index (χ4v) is 3.39. The van der Waals surface area contributed by atoms with Crippen molar-refractivity contribution in [1.82, 2.24) is 4.57 Å². The SMILES string of the molecule is CCc1c(C)cc(C(=O)OC)c(=O)n1CC1CCCCC1. The minimum absolute atomic E-state index is 0.156. The molecule has 0 aliphatic heterocycles. The zero-order valence-corrected chi connectivity index (χ0v) is 13.3. The van der Waals surface area contributed by atoms with Crippen molar-refractivity contribution >= 4 is 5.97 Å². The van der Waals surface area contributed by atoms with Crippen molar-refractivity contribution in [1.29, 1.82) is 0 Å². The Labute approximate surface area is 126 Å². The highest BCUT2D eigenvalue weighted by Gasteiger charge is 2.21. The Hall–Kier alpha value is -1.58. The van der Waals surface area contributed by atoms with Crippen molar-refractivity contribution in [3.63, 3.8) is 0 Å². The van der Waals surface area contributed by atoms with Crippen LogP contribution in [0.2, 0.25) is 0 Å². The number of esters is 1. The summed E-state index contributed by atoms with van der Waals surface area (Å²) in [5.41, 5.74) is 1.99. The highest BCUT2D eigenvalue weighted by molar-refractivity contribution is 5.89. The first kappa shape index (κ1) is 15.8. The lowest BCUT2D eigenvalue weighted by molar-refractivity contribution is 0.0597. The molecule has 0 spiro atoms. The lowest BCUT2D eigenvalue weighted by Gasteiger charge is -2.25. The predicted octanol–water partition coefficient (Wildman–Crippen LogP) is 3.09. The molecule has 2 rings (SSSR count). The molecule has 0 radical (unpaired) electrons. The van der Waals surface area contributed by atoms with Crippen LogP contribution in [-0.2, 0) is 17.7 Å². The van der Waals surface area contributed by atoms with Gasteiger partial charge < -0.3 is 9.30 Å². The minimum atomic E-state index is -0.539. The largest absolute Gasteiger partial charge is 0.465 e. The van der Waals surface area contributed by atoms with E-state index in [0.717, 1.165) is 24.2 Å². The lowest BCUT2D eigenvalue weighted by atomic mass is 9.89. The molecule has 1 aliphatic carbocycles. The topological polar surface area (TPSA) is 48.3 Å². The van der Waals surface area contributed by atoms with Crippen LogP contribution in [0.3, 0.4) is 0 Å². The van der Waals surface area contributed by atoms with Crippen LogP contribution in [0.4, 0.5) is 0 Å². The summed E-state index contributed by atoms with van der Waals surface area (Å²) in [4.78, 5) is 24.4. The number of hydrogen-bond acceptors (Lipinski definition) is 3. The van der Waals surface area contributed by atoms with Crippen molar-refractivity contribution in [3.8, 4) is 0 Å². The third-order valence-corrected chi connectivity index (χ3v) is 4.52. The molecular formula is C17H25NO3. The molecule has 1 aromatic rings. The summed E-state index contributed by atoms with van der Waals surface area (Å²) in [5.74, 6) is 0.0113. The maximum absolute atomic E-state index is 12.6. The quantitative estimate of drug-likeness (QED) is 0.801. The number of methoxy groups -OCH3 is 1. The van der Waals surface area contributed by atoms with Crippen LogP contribution in [0.15, 0.2) is 10.9 Å². The second kappa shape index (κ2) is 6.92. The monoisotopic (exact) mass is 291 g/mol. The van der Waals surface area contributed by atoms with Gasteiger partial charge in [0.15, 0.2) is 0 Å². The van der Waals surface area contributed by atoms with E-state index in [2.05, 4.69) is 6.92 Å². The zero-order valence-electron chi connectivity index (χ0n) is 13.3. The highest BCUT2D eigenvalue weighted by atomic mass is 16.5. The molecule has 0 N–H and O–H groups in total. The van der Waals surface area contributed by atoms with E-state index in [1.165, 1.54) is 39.2 Å².